The van der Waals surface area contributed by atoms with Crippen molar-refractivity contribution in [2.45, 2.75) is 25.4 Å². The van der Waals surface area contributed by atoms with E-state index in [9.17, 15) is 18.0 Å². The van der Waals surface area contributed by atoms with Gasteiger partial charge in [0.25, 0.3) is 0 Å². The van der Waals surface area contributed by atoms with E-state index < -0.39 is 11.7 Å². The number of carbonyl (C=O) groups excluding carboxylic acids is 1. The number of carbonyl (C=O) groups is 1. The normalized spacial score (nSPS) is 20.0. The van der Waals surface area contributed by atoms with E-state index in [4.69, 9.17) is 0 Å². The number of piperidine rings is 1. The molecule has 0 atom stereocenters. The molecule has 0 aliphatic carbocycles. The van der Waals surface area contributed by atoms with Gasteiger partial charge >= 0.3 is 6.18 Å². The van der Waals surface area contributed by atoms with Crippen LogP contribution in [-0.2, 0) is 11.0 Å². The largest absolute Gasteiger partial charge is 0.419 e. The Balaban J connectivity index is 1.56. The van der Waals surface area contributed by atoms with Gasteiger partial charge in [-0.3, -0.25) is 4.79 Å². The summed E-state index contributed by atoms with van der Waals surface area (Å²) in [4.78, 5) is 19.9. The molecule has 0 saturated carbocycles. The van der Waals surface area contributed by atoms with Crippen molar-refractivity contribution in [2.75, 3.05) is 42.6 Å². The minimum Gasteiger partial charge on any atom is -0.356 e. The highest BCUT2D eigenvalue weighted by atomic mass is 32.2. The Labute approximate surface area is 149 Å². The van der Waals surface area contributed by atoms with E-state index in [1.54, 1.807) is 4.90 Å². The molecule has 138 valence electrons. The van der Waals surface area contributed by atoms with Crippen LogP contribution in [-0.4, -0.2) is 53.5 Å². The molecular formula is C17H22F3N3OS. The van der Waals surface area contributed by atoms with Crippen LogP contribution in [0.15, 0.2) is 18.3 Å². The number of thioether (sulfide) groups is 1. The zero-order chi connectivity index (χ0) is 17.9. The number of hydrogen-bond donors (Lipinski definition) is 0. The predicted octanol–water partition coefficient (Wildman–Crippen LogP) is 3.28. The lowest BCUT2D eigenvalue weighted by Gasteiger charge is -2.35. The molecule has 0 spiro atoms. The van der Waals surface area contributed by atoms with Gasteiger partial charge in [-0.15, -0.1) is 0 Å². The zero-order valence-electron chi connectivity index (χ0n) is 14.0. The fraction of sp³-hybridized carbons (Fsp3) is 0.647. The molecule has 2 fully saturated rings. The summed E-state index contributed by atoms with van der Waals surface area (Å²) in [5, 5.41) is 0. The van der Waals surface area contributed by atoms with Gasteiger partial charge in [0.1, 0.15) is 5.82 Å². The van der Waals surface area contributed by atoms with Crippen molar-refractivity contribution >= 4 is 23.5 Å². The molecule has 1 aromatic heterocycles. The average Bonchev–Trinajstić information content (AvgIpc) is 2.62. The van der Waals surface area contributed by atoms with E-state index in [1.165, 1.54) is 12.3 Å². The van der Waals surface area contributed by atoms with E-state index in [-0.39, 0.29) is 17.6 Å². The Morgan fingerprint density at radius 3 is 2.52 bits per heavy atom. The lowest BCUT2D eigenvalue weighted by Crippen LogP contribution is -2.41. The number of anilines is 1. The summed E-state index contributed by atoms with van der Waals surface area (Å²) >= 11 is 1.86. The Kier molecular flexibility index (Phi) is 5.76. The van der Waals surface area contributed by atoms with Gasteiger partial charge in [0.2, 0.25) is 5.91 Å². The van der Waals surface area contributed by atoms with Crippen LogP contribution in [0.5, 0.6) is 0 Å². The van der Waals surface area contributed by atoms with Crippen molar-refractivity contribution in [2.24, 2.45) is 5.92 Å². The summed E-state index contributed by atoms with van der Waals surface area (Å²) in [6.45, 7) is 2.64. The third kappa shape index (κ3) is 4.59. The van der Waals surface area contributed by atoms with Gasteiger partial charge in [-0.1, -0.05) is 0 Å². The van der Waals surface area contributed by atoms with Crippen LogP contribution in [0.3, 0.4) is 0 Å². The van der Waals surface area contributed by atoms with E-state index in [2.05, 4.69) is 4.98 Å². The van der Waals surface area contributed by atoms with Crippen molar-refractivity contribution in [3.63, 3.8) is 0 Å². The zero-order valence-corrected chi connectivity index (χ0v) is 14.8. The molecule has 2 aliphatic rings. The lowest BCUT2D eigenvalue weighted by atomic mass is 9.92. The van der Waals surface area contributed by atoms with Crippen LogP contribution in [0.2, 0.25) is 0 Å². The molecule has 2 saturated heterocycles. The van der Waals surface area contributed by atoms with Gasteiger partial charge in [-0.2, -0.15) is 24.9 Å². The van der Waals surface area contributed by atoms with Crippen LogP contribution < -0.4 is 4.90 Å². The SMILES string of the molecule is O=C(CC1CCN(c2ncccc2C(F)(F)F)CC1)N1CCSCC1. The van der Waals surface area contributed by atoms with Gasteiger partial charge in [0, 0.05) is 50.3 Å². The van der Waals surface area contributed by atoms with Gasteiger partial charge in [0.15, 0.2) is 0 Å². The van der Waals surface area contributed by atoms with E-state index >= 15 is 0 Å². The van der Waals surface area contributed by atoms with Gasteiger partial charge in [-0.25, -0.2) is 4.98 Å². The van der Waals surface area contributed by atoms with E-state index in [0.29, 0.717) is 19.5 Å². The fourth-order valence-corrected chi connectivity index (χ4v) is 4.31. The maximum atomic E-state index is 13.1. The highest BCUT2D eigenvalue weighted by molar-refractivity contribution is 7.99. The first-order valence-electron chi connectivity index (χ1n) is 8.58. The second-order valence-corrected chi connectivity index (χ2v) is 7.72. The van der Waals surface area contributed by atoms with Crippen molar-refractivity contribution in [1.29, 1.82) is 0 Å². The van der Waals surface area contributed by atoms with Crippen LogP contribution in [0.1, 0.15) is 24.8 Å². The average molecular weight is 373 g/mol. The Hall–Kier alpha value is -1.44. The van der Waals surface area contributed by atoms with Gasteiger partial charge < -0.3 is 9.80 Å². The first kappa shape index (κ1) is 18.4. The minimum atomic E-state index is -4.40. The van der Waals surface area contributed by atoms with Gasteiger partial charge in [-0.05, 0) is 30.9 Å². The van der Waals surface area contributed by atoms with Crippen LogP contribution >= 0.6 is 11.8 Å². The van der Waals surface area contributed by atoms with Crippen molar-refractivity contribution in [3.05, 3.63) is 23.9 Å². The maximum absolute atomic E-state index is 13.1. The molecule has 0 N–H and O–H groups in total. The number of rotatable bonds is 3. The molecule has 8 heteroatoms. The Bertz CT molecular complexity index is 597. The molecule has 2 aliphatic heterocycles. The summed E-state index contributed by atoms with van der Waals surface area (Å²) in [6.07, 6.45) is -1.05. The molecule has 4 nitrogen and oxygen atoms in total. The predicted molar refractivity (Wildman–Crippen MR) is 92.7 cm³/mol. The van der Waals surface area contributed by atoms with Gasteiger partial charge in [0.05, 0.1) is 5.56 Å². The summed E-state index contributed by atoms with van der Waals surface area (Å²) in [5.74, 6) is 2.42. The highest BCUT2D eigenvalue weighted by Crippen LogP contribution is 2.36. The minimum absolute atomic E-state index is 0.00725. The molecule has 0 unspecified atom stereocenters. The number of pyridine rings is 1. The quantitative estimate of drug-likeness (QED) is 0.815. The Morgan fingerprint density at radius 1 is 1.20 bits per heavy atom. The van der Waals surface area contributed by atoms with Crippen molar-refractivity contribution in [3.8, 4) is 0 Å². The molecule has 0 radical (unpaired) electrons. The summed E-state index contributed by atoms with van der Waals surface area (Å²) in [5.41, 5.74) is -0.685. The molecule has 1 amide bonds. The van der Waals surface area contributed by atoms with Crippen LogP contribution in [0.4, 0.5) is 19.0 Å². The number of nitrogens with zero attached hydrogens (tertiary/aromatic N) is 3. The smallest absolute Gasteiger partial charge is 0.356 e. The number of alkyl halides is 3. The van der Waals surface area contributed by atoms with E-state index in [0.717, 1.165) is 43.5 Å². The second kappa shape index (κ2) is 7.85. The topological polar surface area (TPSA) is 36.4 Å². The van der Waals surface area contributed by atoms with Crippen molar-refractivity contribution < 1.29 is 18.0 Å². The molecule has 25 heavy (non-hydrogen) atoms. The third-order valence-corrected chi connectivity index (χ3v) is 5.78. The third-order valence-electron chi connectivity index (χ3n) is 4.83. The maximum Gasteiger partial charge on any atom is 0.419 e. The first-order valence-corrected chi connectivity index (χ1v) is 9.73. The fourth-order valence-electron chi connectivity index (χ4n) is 3.41. The van der Waals surface area contributed by atoms with E-state index in [1.807, 2.05) is 16.7 Å². The number of amides is 1. The number of aromatic nitrogens is 1. The highest BCUT2D eigenvalue weighted by Gasteiger charge is 2.36. The molecular weight excluding hydrogens is 351 g/mol. The summed E-state index contributed by atoms with van der Waals surface area (Å²) < 4.78 is 39.4. The monoisotopic (exact) mass is 373 g/mol. The Morgan fingerprint density at radius 2 is 1.88 bits per heavy atom. The second-order valence-electron chi connectivity index (χ2n) is 6.50. The van der Waals surface area contributed by atoms with Crippen LogP contribution in [0, 0.1) is 5.92 Å². The number of halogens is 3. The standard InChI is InChI=1S/C17H22F3N3OS/c18-17(19,20)14-2-1-5-21-16(14)23-6-3-13(4-7-23)12-15(24)22-8-10-25-11-9-22/h1-2,5,13H,3-4,6-12H2. The molecule has 1 aromatic rings. The molecule has 0 aromatic carbocycles. The van der Waals surface area contributed by atoms with Crippen LogP contribution in [0.25, 0.3) is 0 Å². The number of hydrogen-bond acceptors (Lipinski definition) is 4. The molecule has 0 bridgehead atoms. The van der Waals surface area contributed by atoms with Crippen molar-refractivity contribution in [1.82, 2.24) is 9.88 Å². The summed E-state index contributed by atoms with van der Waals surface area (Å²) in [6, 6.07) is 2.39. The summed E-state index contributed by atoms with van der Waals surface area (Å²) in [7, 11) is 0. The first-order chi connectivity index (χ1) is 11.9. The lowest BCUT2D eigenvalue weighted by molar-refractivity contribution is -0.137. The molecule has 3 heterocycles. The molecule has 3 rings (SSSR count).